The van der Waals surface area contributed by atoms with Crippen molar-refractivity contribution in [2.45, 2.75) is 64.3 Å². The topological polar surface area (TPSA) is 112 Å². The first-order valence-electron chi connectivity index (χ1n) is 12.5. The molecule has 37 heavy (non-hydrogen) atoms. The number of fused-ring (bicyclic) bond motifs is 1. The molecule has 4 rings (SSSR count). The fourth-order valence-corrected chi connectivity index (χ4v) is 6.65. The third-order valence-electron chi connectivity index (χ3n) is 6.41. The summed E-state index contributed by atoms with van der Waals surface area (Å²) in [6.45, 7) is 10.6. The minimum absolute atomic E-state index is 0.111. The zero-order valence-corrected chi connectivity index (χ0v) is 23.1. The summed E-state index contributed by atoms with van der Waals surface area (Å²) >= 11 is 2.74. The van der Waals surface area contributed by atoms with Gasteiger partial charge in [0.05, 0.1) is 11.3 Å². The van der Waals surface area contributed by atoms with Crippen molar-refractivity contribution in [3.63, 3.8) is 0 Å². The molecular weight excluding hydrogens is 506 g/mol. The number of hydrogen-bond donors (Lipinski definition) is 2. The van der Waals surface area contributed by atoms with Crippen molar-refractivity contribution < 1.29 is 14.3 Å². The molecule has 2 amide bonds. The van der Waals surface area contributed by atoms with Crippen LogP contribution < -0.4 is 15.8 Å². The second-order valence-corrected chi connectivity index (χ2v) is 11.3. The van der Waals surface area contributed by atoms with Crippen LogP contribution in [0.2, 0.25) is 0 Å². The normalized spacial score (nSPS) is 15.6. The fourth-order valence-electron chi connectivity index (χ4n) is 4.46. The summed E-state index contributed by atoms with van der Waals surface area (Å²) in [4.78, 5) is 26.2. The fraction of sp³-hybridized carbons (Fsp3) is 0.407. The smallest absolute Gasteiger partial charge is 0.251 e. The molecule has 196 valence electrons. The minimum atomic E-state index is -0.497. The van der Waals surface area contributed by atoms with Crippen LogP contribution in [0.1, 0.15) is 65.5 Å². The average Bonchev–Trinajstić information content (AvgIpc) is 3.43. The second kappa shape index (κ2) is 12.0. The van der Waals surface area contributed by atoms with Gasteiger partial charge in [-0.2, -0.15) is 0 Å². The molecule has 2 unspecified atom stereocenters. The lowest BCUT2D eigenvalue weighted by molar-refractivity contribution is -0.113. The number of anilines is 1. The maximum atomic E-state index is 12.9. The van der Waals surface area contributed by atoms with Gasteiger partial charge in [0.15, 0.2) is 17.1 Å². The Labute approximate surface area is 225 Å². The molecule has 0 bridgehead atoms. The van der Waals surface area contributed by atoms with Gasteiger partial charge in [0, 0.05) is 11.4 Å². The van der Waals surface area contributed by atoms with E-state index >= 15 is 0 Å². The predicted molar refractivity (Wildman–Crippen MR) is 148 cm³/mol. The number of thioether (sulfide) groups is 1. The van der Waals surface area contributed by atoms with Crippen LogP contribution in [-0.4, -0.2) is 32.3 Å². The number of aromatic nitrogens is 3. The molecule has 0 aliphatic heterocycles. The Kier molecular flexibility index (Phi) is 8.71. The number of amides is 2. The van der Waals surface area contributed by atoms with Crippen LogP contribution in [0, 0.1) is 5.92 Å². The lowest BCUT2D eigenvalue weighted by atomic mass is 9.88. The van der Waals surface area contributed by atoms with Gasteiger partial charge in [-0.05, 0) is 61.8 Å². The van der Waals surface area contributed by atoms with E-state index in [9.17, 15) is 9.59 Å². The molecule has 0 fully saturated rings. The lowest BCUT2D eigenvalue weighted by Gasteiger charge is -2.18. The van der Waals surface area contributed by atoms with Crippen molar-refractivity contribution in [3.8, 4) is 5.75 Å². The molecule has 10 heteroatoms. The van der Waals surface area contributed by atoms with Crippen LogP contribution in [0.3, 0.4) is 0 Å². The van der Waals surface area contributed by atoms with E-state index in [1.807, 2.05) is 35.8 Å². The summed E-state index contributed by atoms with van der Waals surface area (Å²) in [5, 5.41) is 12.7. The maximum absolute atomic E-state index is 12.9. The number of rotatable bonds is 11. The number of thiophene rings is 1. The molecule has 8 nitrogen and oxygen atoms in total. The highest BCUT2D eigenvalue weighted by Gasteiger charge is 2.27. The molecule has 0 spiro atoms. The summed E-state index contributed by atoms with van der Waals surface area (Å²) in [5.41, 5.74) is 8.37. The number of primary amides is 1. The number of carbonyl (C=O) groups excluding carboxylic acids is 2. The molecule has 1 aliphatic carbocycles. The Morgan fingerprint density at radius 3 is 2.78 bits per heavy atom. The largest absolute Gasteiger partial charge is 0.483 e. The number of nitrogens with zero attached hydrogens (tertiary/aromatic N) is 3. The number of benzene rings is 1. The van der Waals surface area contributed by atoms with Crippen LogP contribution in [0.4, 0.5) is 5.00 Å². The zero-order valence-electron chi connectivity index (χ0n) is 21.5. The van der Waals surface area contributed by atoms with Crippen LogP contribution >= 0.6 is 23.1 Å². The lowest BCUT2D eigenvalue weighted by Crippen LogP contribution is -2.20. The molecule has 2 aromatic heterocycles. The first-order chi connectivity index (χ1) is 17.8. The van der Waals surface area contributed by atoms with Gasteiger partial charge in [0.2, 0.25) is 5.91 Å². The number of allylic oxidation sites excluding steroid dienone is 1. The number of aryl methyl sites for hydroxylation is 1. The molecule has 0 radical (unpaired) electrons. The molecule has 3 aromatic rings. The molecule has 0 saturated heterocycles. The van der Waals surface area contributed by atoms with Crippen molar-refractivity contribution in [2.24, 2.45) is 11.7 Å². The molecule has 2 heterocycles. The van der Waals surface area contributed by atoms with Gasteiger partial charge < -0.3 is 15.8 Å². The Balaban J connectivity index is 1.44. The highest BCUT2D eigenvalue weighted by atomic mass is 32.2. The molecule has 0 saturated carbocycles. The SMILES string of the molecule is C=CCn1c(SCC(=O)Nc2sc3c(c2C(N)=O)CCC(C)C3)nnc1C(C)Oc1ccc(CC)cc1. The summed E-state index contributed by atoms with van der Waals surface area (Å²) in [6.07, 6.45) is 5.11. The van der Waals surface area contributed by atoms with Crippen molar-refractivity contribution in [1.82, 2.24) is 14.8 Å². The second-order valence-electron chi connectivity index (χ2n) is 9.25. The van der Waals surface area contributed by atoms with Crippen molar-refractivity contribution in [1.29, 1.82) is 0 Å². The van der Waals surface area contributed by atoms with Crippen LogP contribution in [0.5, 0.6) is 5.75 Å². The molecular formula is C27H33N5O3S2. The number of nitrogens with two attached hydrogens (primary N) is 1. The highest BCUT2D eigenvalue weighted by molar-refractivity contribution is 7.99. The van der Waals surface area contributed by atoms with Crippen LogP contribution in [-0.2, 0) is 30.6 Å². The quantitative estimate of drug-likeness (QED) is 0.256. The van der Waals surface area contributed by atoms with E-state index in [0.717, 1.165) is 41.9 Å². The van der Waals surface area contributed by atoms with Crippen molar-refractivity contribution in [2.75, 3.05) is 11.1 Å². The third kappa shape index (κ3) is 6.24. The Morgan fingerprint density at radius 1 is 1.35 bits per heavy atom. The van der Waals surface area contributed by atoms with E-state index in [1.54, 1.807) is 6.08 Å². The molecule has 2 atom stereocenters. The Hall–Kier alpha value is -3.11. The number of carbonyl (C=O) groups is 2. The minimum Gasteiger partial charge on any atom is -0.483 e. The van der Waals surface area contributed by atoms with Gasteiger partial charge in [-0.15, -0.1) is 28.1 Å². The van der Waals surface area contributed by atoms with Gasteiger partial charge in [-0.1, -0.05) is 43.8 Å². The number of ether oxygens (including phenoxy) is 1. The Morgan fingerprint density at radius 2 is 2.11 bits per heavy atom. The van der Waals surface area contributed by atoms with E-state index in [2.05, 4.69) is 35.9 Å². The van der Waals surface area contributed by atoms with E-state index in [4.69, 9.17) is 10.5 Å². The summed E-state index contributed by atoms with van der Waals surface area (Å²) < 4.78 is 8.00. The van der Waals surface area contributed by atoms with E-state index < -0.39 is 5.91 Å². The van der Waals surface area contributed by atoms with Gasteiger partial charge in [0.25, 0.3) is 5.91 Å². The van der Waals surface area contributed by atoms with E-state index in [-0.39, 0.29) is 17.8 Å². The molecule has 1 aliphatic rings. The van der Waals surface area contributed by atoms with Gasteiger partial charge in [-0.25, -0.2) is 0 Å². The van der Waals surface area contributed by atoms with Crippen molar-refractivity contribution in [3.05, 3.63) is 64.3 Å². The predicted octanol–water partition coefficient (Wildman–Crippen LogP) is 5.18. The van der Waals surface area contributed by atoms with E-state index in [1.165, 1.54) is 28.7 Å². The van der Waals surface area contributed by atoms with Gasteiger partial charge in [0.1, 0.15) is 10.8 Å². The maximum Gasteiger partial charge on any atom is 0.251 e. The first-order valence-corrected chi connectivity index (χ1v) is 14.3. The number of hydrogen-bond acceptors (Lipinski definition) is 7. The first kappa shape index (κ1) is 26.9. The van der Waals surface area contributed by atoms with Crippen molar-refractivity contribution >= 4 is 39.9 Å². The third-order valence-corrected chi connectivity index (χ3v) is 8.55. The summed E-state index contributed by atoms with van der Waals surface area (Å²) in [6, 6.07) is 8.00. The molecule has 1 aromatic carbocycles. The summed E-state index contributed by atoms with van der Waals surface area (Å²) in [5.74, 6) is 1.35. The highest BCUT2D eigenvalue weighted by Crippen LogP contribution is 2.39. The monoisotopic (exact) mass is 539 g/mol. The Bertz CT molecular complexity index is 1280. The van der Waals surface area contributed by atoms with Gasteiger partial charge >= 0.3 is 0 Å². The standard InChI is InChI=1S/C27H33N5O3S2/c1-5-13-32-25(17(4)35-19-10-8-18(6-2)9-11-19)30-31-27(32)36-15-22(33)29-26-23(24(28)34)20-12-7-16(3)14-21(20)37-26/h5,8-11,16-17H,1,6-7,12-15H2,2-4H3,(H2,28,34)(H,29,33). The van der Waals surface area contributed by atoms with E-state index in [0.29, 0.717) is 34.0 Å². The van der Waals surface area contributed by atoms with Gasteiger partial charge in [-0.3, -0.25) is 14.2 Å². The number of nitrogens with one attached hydrogen (secondary N) is 1. The molecule has 3 N–H and O–H groups in total. The zero-order chi connectivity index (χ0) is 26.5. The summed E-state index contributed by atoms with van der Waals surface area (Å²) in [7, 11) is 0. The average molecular weight is 540 g/mol. The van der Waals surface area contributed by atoms with Crippen LogP contribution in [0.15, 0.2) is 42.1 Å². The van der Waals surface area contributed by atoms with Crippen LogP contribution in [0.25, 0.3) is 0 Å².